The van der Waals surface area contributed by atoms with Crippen molar-refractivity contribution in [2.45, 2.75) is 6.92 Å². The Hall–Kier alpha value is -2.73. The van der Waals surface area contributed by atoms with Gasteiger partial charge in [0.25, 0.3) is 5.56 Å². The number of hydrogen-bond donors (Lipinski definition) is 0. The van der Waals surface area contributed by atoms with Crippen LogP contribution in [0.3, 0.4) is 0 Å². The van der Waals surface area contributed by atoms with Crippen molar-refractivity contribution in [3.8, 4) is 22.0 Å². The maximum absolute atomic E-state index is 12.3. The largest absolute Gasteiger partial charge is 0.461 e. The molecular weight excluding hydrogens is 298 g/mol. The summed E-state index contributed by atoms with van der Waals surface area (Å²) in [6, 6.07) is 13.2. The van der Waals surface area contributed by atoms with E-state index in [1.54, 1.807) is 24.5 Å². The molecule has 0 saturated carbocycles. The van der Waals surface area contributed by atoms with Crippen LogP contribution in [-0.2, 0) is 0 Å². The van der Waals surface area contributed by atoms with Gasteiger partial charge in [-0.25, -0.2) is 0 Å². The summed E-state index contributed by atoms with van der Waals surface area (Å²) in [5.41, 5.74) is 1.98. The second kappa shape index (κ2) is 4.92. The highest BCUT2D eigenvalue weighted by atomic mass is 32.1. The Labute approximate surface area is 129 Å². The summed E-state index contributed by atoms with van der Waals surface area (Å²) in [4.78, 5) is 18.1. The molecule has 0 fully saturated rings. The molecule has 0 aliphatic rings. The Bertz CT molecular complexity index is 998. The van der Waals surface area contributed by atoms with E-state index in [4.69, 9.17) is 4.42 Å². The van der Waals surface area contributed by atoms with E-state index in [1.807, 2.05) is 31.2 Å². The highest BCUT2D eigenvalue weighted by Gasteiger charge is 2.13. The van der Waals surface area contributed by atoms with Gasteiger partial charge in [0.15, 0.2) is 5.76 Å². The Kier molecular flexibility index (Phi) is 2.90. The molecule has 0 spiro atoms. The lowest BCUT2D eigenvalue weighted by molar-refractivity contribution is 0.577. The van der Waals surface area contributed by atoms with Crippen LogP contribution in [0.2, 0.25) is 0 Å². The Morgan fingerprint density at radius 2 is 2.00 bits per heavy atom. The molecule has 0 atom stereocenters. The second-order valence-electron chi connectivity index (χ2n) is 4.92. The van der Waals surface area contributed by atoms with Gasteiger partial charge in [-0.1, -0.05) is 41.2 Å². The average Bonchev–Trinajstić information content (AvgIpc) is 3.17. The highest BCUT2D eigenvalue weighted by molar-refractivity contribution is 7.19. The number of benzene rings is 1. The first-order valence-corrected chi connectivity index (χ1v) is 7.54. The van der Waals surface area contributed by atoms with Crippen molar-refractivity contribution in [2.24, 2.45) is 0 Å². The van der Waals surface area contributed by atoms with Crippen molar-refractivity contribution in [3.63, 3.8) is 0 Å². The Balaban J connectivity index is 1.89. The van der Waals surface area contributed by atoms with Gasteiger partial charge in [0.05, 0.1) is 6.26 Å². The molecule has 0 aliphatic heterocycles. The normalized spacial score (nSPS) is 11.1. The standard InChI is InChI=1S/C16H11N3O2S/c1-10-4-6-11(7-5-10)13-9-14(20)19-16(22-13)17-15(18-19)12-3-2-8-21-12/h2-9H,1H3. The summed E-state index contributed by atoms with van der Waals surface area (Å²) < 4.78 is 6.59. The quantitative estimate of drug-likeness (QED) is 0.569. The molecule has 0 saturated heterocycles. The topological polar surface area (TPSA) is 60.4 Å². The average molecular weight is 309 g/mol. The Morgan fingerprint density at radius 3 is 2.73 bits per heavy atom. The van der Waals surface area contributed by atoms with Crippen molar-refractivity contribution in [2.75, 3.05) is 0 Å². The van der Waals surface area contributed by atoms with Gasteiger partial charge in [-0.3, -0.25) is 4.79 Å². The summed E-state index contributed by atoms with van der Waals surface area (Å²) in [6.07, 6.45) is 1.56. The zero-order chi connectivity index (χ0) is 15.1. The van der Waals surface area contributed by atoms with Crippen LogP contribution in [-0.4, -0.2) is 14.6 Å². The number of rotatable bonds is 2. The third-order valence-corrected chi connectivity index (χ3v) is 4.34. The second-order valence-corrected chi connectivity index (χ2v) is 5.93. The number of aryl methyl sites for hydroxylation is 1. The molecule has 6 heteroatoms. The van der Waals surface area contributed by atoms with E-state index in [0.29, 0.717) is 16.5 Å². The fourth-order valence-electron chi connectivity index (χ4n) is 2.18. The summed E-state index contributed by atoms with van der Waals surface area (Å²) in [5.74, 6) is 0.964. The van der Waals surface area contributed by atoms with Gasteiger partial charge in [0.2, 0.25) is 10.8 Å². The van der Waals surface area contributed by atoms with Crippen LogP contribution in [0.15, 0.2) is 57.9 Å². The van der Waals surface area contributed by atoms with Gasteiger partial charge in [0, 0.05) is 10.9 Å². The third-order valence-electron chi connectivity index (χ3n) is 3.32. The van der Waals surface area contributed by atoms with Gasteiger partial charge in [-0.15, -0.1) is 5.10 Å². The predicted octanol–water partition coefficient (Wildman–Crippen LogP) is 3.39. The molecular formula is C16H11N3O2S. The molecule has 108 valence electrons. The molecule has 22 heavy (non-hydrogen) atoms. The van der Waals surface area contributed by atoms with Gasteiger partial charge >= 0.3 is 0 Å². The summed E-state index contributed by atoms with van der Waals surface area (Å²) in [6.45, 7) is 2.03. The van der Waals surface area contributed by atoms with E-state index in [1.165, 1.54) is 21.4 Å². The van der Waals surface area contributed by atoms with Gasteiger partial charge < -0.3 is 4.42 Å². The maximum atomic E-state index is 12.3. The zero-order valence-corrected chi connectivity index (χ0v) is 12.5. The SMILES string of the molecule is Cc1ccc(-c2cc(=O)n3nc(-c4ccco4)nc3s2)cc1. The van der Waals surface area contributed by atoms with Crippen LogP contribution < -0.4 is 5.56 Å². The minimum atomic E-state index is -0.199. The molecule has 1 aromatic carbocycles. The fourth-order valence-corrected chi connectivity index (χ4v) is 3.14. The number of furan rings is 1. The molecule has 3 heterocycles. The lowest BCUT2D eigenvalue weighted by Crippen LogP contribution is -2.11. The summed E-state index contributed by atoms with van der Waals surface area (Å²) in [5, 5.41) is 4.21. The maximum Gasteiger partial charge on any atom is 0.275 e. The van der Waals surface area contributed by atoms with E-state index in [-0.39, 0.29) is 5.56 Å². The molecule has 3 aromatic heterocycles. The number of fused-ring (bicyclic) bond motifs is 1. The van der Waals surface area contributed by atoms with Crippen molar-refractivity contribution >= 4 is 16.3 Å². The summed E-state index contributed by atoms with van der Waals surface area (Å²) in [7, 11) is 0. The highest BCUT2D eigenvalue weighted by Crippen LogP contribution is 2.26. The molecule has 4 rings (SSSR count). The van der Waals surface area contributed by atoms with Crippen LogP contribution in [0.4, 0.5) is 0 Å². The van der Waals surface area contributed by atoms with Gasteiger partial charge in [-0.2, -0.15) is 9.50 Å². The first-order chi connectivity index (χ1) is 10.7. The molecule has 4 aromatic rings. The van der Waals surface area contributed by atoms with E-state index >= 15 is 0 Å². The van der Waals surface area contributed by atoms with Crippen LogP contribution in [0, 0.1) is 6.92 Å². The van der Waals surface area contributed by atoms with Crippen LogP contribution >= 0.6 is 11.3 Å². The first kappa shape index (κ1) is 13.0. The first-order valence-electron chi connectivity index (χ1n) is 6.72. The lowest BCUT2D eigenvalue weighted by atomic mass is 10.1. The zero-order valence-electron chi connectivity index (χ0n) is 11.7. The van der Waals surface area contributed by atoms with Gasteiger partial charge in [-0.05, 0) is 24.6 Å². The van der Waals surface area contributed by atoms with E-state index in [2.05, 4.69) is 10.1 Å². The van der Waals surface area contributed by atoms with E-state index in [9.17, 15) is 4.79 Å². The molecule has 0 N–H and O–H groups in total. The van der Waals surface area contributed by atoms with E-state index < -0.39 is 0 Å². The molecule has 0 amide bonds. The lowest BCUT2D eigenvalue weighted by Gasteiger charge is -2.00. The number of aromatic nitrogens is 3. The third kappa shape index (κ3) is 2.14. The molecule has 0 radical (unpaired) electrons. The molecule has 0 aliphatic carbocycles. The number of hydrogen-bond acceptors (Lipinski definition) is 5. The number of nitrogens with zero attached hydrogens (tertiary/aromatic N) is 3. The fraction of sp³-hybridized carbons (Fsp3) is 0.0625. The van der Waals surface area contributed by atoms with Crippen molar-refractivity contribution in [1.29, 1.82) is 0 Å². The van der Waals surface area contributed by atoms with Crippen molar-refractivity contribution in [3.05, 3.63) is 64.6 Å². The predicted molar refractivity (Wildman–Crippen MR) is 85.0 cm³/mol. The van der Waals surface area contributed by atoms with E-state index in [0.717, 1.165) is 10.4 Å². The summed E-state index contributed by atoms with van der Waals surface area (Å²) >= 11 is 1.43. The van der Waals surface area contributed by atoms with Crippen LogP contribution in [0.25, 0.3) is 27.0 Å². The van der Waals surface area contributed by atoms with Gasteiger partial charge in [0.1, 0.15) is 0 Å². The minimum absolute atomic E-state index is 0.199. The monoisotopic (exact) mass is 309 g/mol. The van der Waals surface area contributed by atoms with Crippen LogP contribution in [0.1, 0.15) is 5.56 Å². The van der Waals surface area contributed by atoms with Crippen LogP contribution in [0.5, 0.6) is 0 Å². The smallest absolute Gasteiger partial charge is 0.275 e. The molecule has 5 nitrogen and oxygen atoms in total. The van der Waals surface area contributed by atoms with Crippen molar-refractivity contribution in [1.82, 2.24) is 14.6 Å². The minimum Gasteiger partial charge on any atom is -0.461 e. The molecule has 0 unspecified atom stereocenters. The van der Waals surface area contributed by atoms with Crippen molar-refractivity contribution < 1.29 is 4.42 Å². The molecule has 0 bridgehead atoms. The Morgan fingerprint density at radius 1 is 1.18 bits per heavy atom.